The molecular weight excluding hydrogens is 300 g/mol. The number of rotatable bonds is 5. The number of morpholine rings is 1. The van der Waals surface area contributed by atoms with Crippen LogP contribution in [-0.2, 0) is 4.74 Å². The third-order valence-corrected chi connectivity index (χ3v) is 3.56. The van der Waals surface area contributed by atoms with Crippen molar-refractivity contribution in [2.24, 2.45) is 0 Å². The van der Waals surface area contributed by atoms with E-state index >= 15 is 0 Å². The first kappa shape index (κ1) is 17.2. The molecule has 0 bridgehead atoms. The van der Waals surface area contributed by atoms with E-state index in [2.05, 4.69) is 15.5 Å². The predicted molar refractivity (Wildman–Crippen MR) is 86.6 cm³/mol. The van der Waals surface area contributed by atoms with Gasteiger partial charge in [0.2, 0.25) is 0 Å². The highest BCUT2D eigenvalue weighted by atomic mass is 16.6. The van der Waals surface area contributed by atoms with Crippen molar-refractivity contribution in [1.82, 2.24) is 10.2 Å². The normalized spacial score (nSPS) is 21.7. The molecule has 2 N–H and O–H groups in total. The molecule has 1 saturated heterocycles. The highest BCUT2D eigenvalue weighted by molar-refractivity contribution is 5.91. The summed E-state index contributed by atoms with van der Waals surface area (Å²) in [7, 11) is 0. The van der Waals surface area contributed by atoms with Crippen molar-refractivity contribution in [3.63, 3.8) is 0 Å². The second-order valence-corrected chi connectivity index (χ2v) is 5.67. The van der Waals surface area contributed by atoms with Crippen molar-refractivity contribution in [1.29, 1.82) is 0 Å². The summed E-state index contributed by atoms with van der Waals surface area (Å²) in [6.45, 7) is 6.89. The summed E-state index contributed by atoms with van der Waals surface area (Å²) in [6, 6.07) is 5.60. The second kappa shape index (κ2) is 7.89. The van der Waals surface area contributed by atoms with Crippen LogP contribution in [0.2, 0.25) is 0 Å². The van der Waals surface area contributed by atoms with E-state index < -0.39 is 11.0 Å². The fourth-order valence-corrected chi connectivity index (χ4v) is 2.70. The Morgan fingerprint density at radius 1 is 1.35 bits per heavy atom. The van der Waals surface area contributed by atoms with E-state index in [1.807, 2.05) is 13.8 Å². The lowest BCUT2D eigenvalue weighted by molar-refractivity contribution is -0.383. The molecule has 2 unspecified atom stereocenters. The Morgan fingerprint density at radius 2 is 2.00 bits per heavy atom. The van der Waals surface area contributed by atoms with Crippen LogP contribution in [0, 0.1) is 10.1 Å². The Hall–Kier alpha value is -2.19. The topological polar surface area (TPSA) is 96.7 Å². The minimum atomic E-state index is -0.522. The maximum absolute atomic E-state index is 11.9. The van der Waals surface area contributed by atoms with Gasteiger partial charge in [0.05, 0.1) is 17.1 Å². The first-order valence-corrected chi connectivity index (χ1v) is 7.62. The summed E-state index contributed by atoms with van der Waals surface area (Å²) in [4.78, 5) is 24.5. The number of hydrogen-bond acceptors (Lipinski definition) is 5. The molecule has 1 aliphatic heterocycles. The van der Waals surface area contributed by atoms with Crippen molar-refractivity contribution in [3.05, 3.63) is 34.4 Å². The maximum Gasteiger partial charge on any atom is 0.319 e. The van der Waals surface area contributed by atoms with E-state index in [0.717, 1.165) is 13.1 Å². The van der Waals surface area contributed by atoms with Gasteiger partial charge in [0, 0.05) is 32.2 Å². The standard InChI is InChI=1S/C15H22N4O4/c1-11-9-18(10-12(2)23-11)8-7-16-15(20)17-13-5-3-4-6-14(13)19(21)22/h3-6,11-12H,7-10H2,1-2H3,(H2,16,17,20). The van der Waals surface area contributed by atoms with Crippen molar-refractivity contribution >= 4 is 17.4 Å². The number of benzene rings is 1. The lowest BCUT2D eigenvalue weighted by atomic mass is 10.2. The highest BCUT2D eigenvalue weighted by Gasteiger charge is 2.21. The van der Waals surface area contributed by atoms with Crippen LogP contribution in [0.4, 0.5) is 16.2 Å². The fraction of sp³-hybridized carbons (Fsp3) is 0.533. The van der Waals surface area contributed by atoms with Crippen molar-refractivity contribution < 1.29 is 14.5 Å². The molecule has 1 aliphatic rings. The van der Waals surface area contributed by atoms with Crippen molar-refractivity contribution in [2.45, 2.75) is 26.1 Å². The SMILES string of the molecule is CC1CN(CCNC(=O)Nc2ccccc2[N+](=O)[O-])CC(C)O1. The maximum atomic E-state index is 11.9. The third-order valence-electron chi connectivity index (χ3n) is 3.56. The summed E-state index contributed by atoms with van der Waals surface area (Å²) in [5.41, 5.74) is 0.0575. The average molecular weight is 322 g/mol. The monoisotopic (exact) mass is 322 g/mol. The number of anilines is 1. The predicted octanol–water partition coefficient (Wildman–Crippen LogP) is 1.83. The molecule has 1 heterocycles. The Morgan fingerprint density at radius 3 is 2.65 bits per heavy atom. The zero-order chi connectivity index (χ0) is 16.8. The van der Waals surface area contributed by atoms with E-state index in [0.29, 0.717) is 13.1 Å². The van der Waals surface area contributed by atoms with Gasteiger partial charge in [0.15, 0.2) is 0 Å². The van der Waals surface area contributed by atoms with Gasteiger partial charge >= 0.3 is 6.03 Å². The van der Waals surface area contributed by atoms with E-state index in [-0.39, 0.29) is 23.6 Å². The summed E-state index contributed by atoms with van der Waals surface area (Å²) >= 11 is 0. The second-order valence-electron chi connectivity index (χ2n) is 5.67. The molecule has 1 aromatic carbocycles. The van der Waals surface area contributed by atoms with E-state index in [4.69, 9.17) is 4.74 Å². The van der Waals surface area contributed by atoms with E-state index in [9.17, 15) is 14.9 Å². The lowest BCUT2D eigenvalue weighted by Gasteiger charge is -2.35. The molecule has 0 saturated carbocycles. The molecule has 1 fully saturated rings. The van der Waals surface area contributed by atoms with Crippen LogP contribution in [0.25, 0.3) is 0 Å². The van der Waals surface area contributed by atoms with Gasteiger partial charge in [-0.2, -0.15) is 0 Å². The highest BCUT2D eigenvalue weighted by Crippen LogP contribution is 2.22. The molecule has 2 amide bonds. The van der Waals surface area contributed by atoms with Crippen LogP contribution in [-0.4, -0.2) is 54.2 Å². The number of hydrogen-bond donors (Lipinski definition) is 2. The largest absolute Gasteiger partial charge is 0.373 e. The number of amides is 2. The van der Waals surface area contributed by atoms with Gasteiger partial charge < -0.3 is 15.4 Å². The molecule has 1 aromatic rings. The van der Waals surface area contributed by atoms with Crippen LogP contribution in [0.5, 0.6) is 0 Å². The van der Waals surface area contributed by atoms with Crippen molar-refractivity contribution in [3.8, 4) is 0 Å². The molecule has 126 valence electrons. The Balaban J connectivity index is 1.78. The number of nitrogens with zero attached hydrogens (tertiary/aromatic N) is 2. The van der Waals surface area contributed by atoms with Crippen LogP contribution < -0.4 is 10.6 Å². The molecular formula is C15H22N4O4. The van der Waals surface area contributed by atoms with Crippen LogP contribution in [0.3, 0.4) is 0 Å². The third kappa shape index (κ3) is 5.19. The molecule has 8 nitrogen and oxygen atoms in total. The lowest BCUT2D eigenvalue weighted by Crippen LogP contribution is -2.48. The Kier molecular flexibility index (Phi) is 5.89. The molecule has 23 heavy (non-hydrogen) atoms. The molecule has 0 spiro atoms. The minimum Gasteiger partial charge on any atom is -0.373 e. The van der Waals surface area contributed by atoms with Gasteiger partial charge in [0.25, 0.3) is 5.69 Å². The Labute approximate surface area is 134 Å². The zero-order valence-electron chi connectivity index (χ0n) is 13.3. The smallest absolute Gasteiger partial charge is 0.319 e. The van der Waals surface area contributed by atoms with Gasteiger partial charge in [-0.1, -0.05) is 12.1 Å². The van der Waals surface area contributed by atoms with Crippen LogP contribution in [0.1, 0.15) is 13.8 Å². The first-order valence-electron chi connectivity index (χ1n) is 7.62. The molecule has 2 atom stereocenters. The van der Waals surface area contributed by atoms with Gasteiger partial charge in [-0.25, -0.2) is 4.79 Å². The molecule has 0 radical (unpaired) electrons. The van der Waals surface area contributed by atoms with Crippen molar-refractivity contribution in [2.75, 3.05) is 31.5 Å². The number of nitro groups is 1. The Bertz CT molecular complexity index is 556. The number of carbonyl (C=O) groups excluding carboxylic acids is 1. The molecule has 0 aliphatic carbocycles. The van der Waals surface area contributed by atoms with E-state index in [1.54, 1.807) is 12.1 Å². The average Bonchev–Trinajstić information content (AvgIpc) is 2.46. The zero-order valence-corrected chi connectivity index (χ0v) is 13.3. The molecule has 2 rings (SSSR count). The first-order chi connectivity index (χ1) is 11.0. The fourth-order valence-electron chi connectivity index (χ4n) is 2.70. The quantitative estimate of drug-likeness (QED) is 0.637. The molecule has 8 heteroatoms. The number of carbonyl (C=O) groups is 1. The van der Waals surface area contributed by atoms with Crippen LogP contribution >= 0.6 is 0 Å². The summed E-state index contributed by atoms with van der Waals surface area (Å²) in [6.07, 6.45) is 0.360. The molecule has 0 aromatic heterocycles. The summed E-state index contributed by atoms with van der Waals surface area (Å²) in [5, 5.41) is 16.1. The van der Waals surface area contributed by atoms with Gasteiger partial charge in [-0.3, -0.25) is 15.0 Å². The number of nitrogens with one attached hydrogen (secondary N) is 2. The number of ether oxygens (including phenoxy) is 1. The van der Waals surface area contributed by atoms with Gasteiger partial charge in [-0.05, 0) is 19.9 Å². The number of para-hydroxylation sites is 2. The van der Waals surface area contributed by atoms with Crippen LogP contribution in [0.15, 0.2) is 24.3 Å². The summed E-state index contributed by atoms with van der Waals surface area (Å²) in [5.74, 6) is 0. The minimum absolute atomic E-state index is 0.126. The number of urea groups is 1. The van der Waals surface area contributed by atoms with Gasteiger partial charge in [0.1, 0.15) is 5.69 Å². The number of nitro benzene ring substituents is 1. The summed E-state index contributed by atoms with van der Waals surface area (Å²) < 4.78 is 5.65. The van der Waals surface area contributed by atoms with E-state index in [1.165, 1.54) is 12.1 Å². The van der Waals surface area contributed by atoms with Gasteiger partial charge in [-0.15, -0.1) is 0 Å².